The predicted molar refractivity (Wildman–Crippen MR) is 143 cm³/mol. The molecule has 0 saturated heterocycles. The van der Waals surface area contributed by atoms with E-state index in [-0.39, 0.29) is 11.1 Å². The van der Waals surface area contributed by atoms with E-state index in [0.29, 0.717) is 33.6 Å². The number of aromatic nitrogens is 2. The van der Waals surface area contributed by atoms with E-state index >= 15 is 0 Å². The highest BCUT2D eigenvalue weighted by Crippen LogP contribution is 2.53. The number of benzene rings is 4. The van der Waals surface area contributed by atoms with Gasteiger partial charge in [0.05, 0.1) is 17.1 Å². The van der Waals surface area contributed by atoms with Crippen LogP contribution >= 0.6 is 15.9 Å². The summed E-state index contributed by atoms with van der Waals surface area (Å²) in [6.45, 7) is 0. The second-order valence-corrected chi connectivity index (χ2v) is 10.1. The molecule has 0 radical (unpaired) electrons. The van der Waals surface area contributed by atoms with E-state index in [2.05, 4.69) is 15.9 Å². The average Bonchev–Trinajstić information content (AvgIpc) is 3.44. The van der Waals surface area contributed by atoms with Crippen molar-refractivity contribution in [2.75, 3.05) is 0 Å². The lowest BCUT2D eigenvalue weighted by molar-refractivity contribution is 0.0708. The Hall–Kier alpha value is -4.42. The first-order valence-corrected chi connectivity index (χ1v) is 12.6. The number of rotatable bonds is 2. The lowest BCUT2D eigenvalue weighted by Gasteiger charge is -2.31. The van der Waals surface area contributed by atoms with Crippen molar-refractivity contribution in [3.8, 4) is 28.2 Å². The van der Waals surface area contributed by atoms with Gasteiger partial charge >= 0.3 is 0 Å². The van der Waals surface area contributed by atoms with Gasteiger partial charge in [-0.2, -0.15) is 5.10 Å². The second-order valence-electron chi connectivity index (χ2n) is 9.15. The van der Waals surface area contributed by atoms with E-state index in [1.807, 2.05) is 66.7 Å². The van der Waals surface area contributed by atoms with Crippen LogP contribution in [-0.2, 0) is 5.41 Å². The zero-order chi connectivity index (χ0) is 25.3. The Balaban J connectivity index is 1.67. The molecule has 0 aliphatic heterocycles. The summed E-state index contributed by atoms with van der Waals surface area (Å²) in [6.07, 6.45) is 0. The van der Waals surface area contributed by atoms with Crippen molar-refractivity contribution in [2.45, 2.75) is 5.41 Å². The summed E-state index contributed by atoms with van der Waals surface area (Å²) in [4.78, 5) is 42.9. The van der Waals surface area contributed by atoms with E-state index in [1.54, 1.807) is 41.1 Å². The minimum atomic E-state index is -2.04. The molecule has 6 heteroatoms. The molecule has 1 spiro atoms. The number of ketones is 3. The van der Waals surface area contributed by atoms with Gasteiger partial charge in [-0.05, 0) is 24.3 Å². The van der Waals surface area contributed by atoms with E-state index in [1.165, 1.54) is 0 Å². The van der Waals surface area contributed by atoms with Gasteiger partial charge in [0.1, 0.15) is 0 Å². The molecule has 5 aromatic rings. The summed E-state index contributed by atoms with van der Waals surface area (Å²) in [5, 5.41) is 4.99. The monoisotopic (exact) mass is 544 g/mol. The summed E-state index contributed by atoms with van der Waals surface area (Å²) in [5.74, 6) is -1.51. The largest absolute Gasteiger partial charge is 0.292 e. The van der Waals surface area contributed by atoms with Crippen LogP contribution < -0.4 is 0 Å². The summed E-state index contributed by atoms with van der Waals surface area (Å²) in [6, 6.07) is 30.9. The number of carbonyl (C=O) groups excluding carboxylic acids is 3. The van der Waals surface area contributed by atoms with Crippen molar-refractivity contribution < 1.29 is 14.4 Å². The Bertz CT molecular complexity index is 1750. The summed E-state index contributed by atoms with van der Waals surface area (Å²) < 4.78 is 2.63. The van der Waals surface area contributed by atoms with Crippen LogP contribution in [0.3, 0.4) is 0 Å². The van der Waals surface area contributed by atoms with Crippen LogP contribution in [0.25, 0.3) is 28.2 Å². The molecule has 7 rings (SSSR count). The molecular formula is C31H17BrN2O3. The number of hydrogen-bond acceptors (Lipinski definition) is 4. The number of fused-ring (bicyclic) bond motifs is 5. The average molecular weight is 545 g/mol. The molecule has 0 amide bonds. The molecular weight excluding hydrogens is 528 g/mol. The smallest absolute Gasteiger partial charge is 0.190 e. The van der Waals surface area contributed by atoms with Gasteiger partial charge in [-0.15, -0.1) is 0 Å². The second kappa shape index (κ2) is 7.79. The van der Waals surface area contributed by atoms with Crippen LogP contribution in [0.2, 0.25) is 0 Å². The van der Waals surface area contributed by atoms with E-state index < -0.39 is 22.8 Å². The first kappa shape index (κ1) is 21.8. The van der Waals surface area contributed by atoms with Crippen molar-refractivity contribution in [3.05, 3.63) is 130 Å². The Morgan fingerprint density at radius 3 is 1.65 bits per heavy atom. The minimum absolute atomic E-state index is 0.264. The van der Waals surface area contributed by atoms with Crippen molar-refractivity contribution in [2.24, 2.45) is 0 Å². The zero-order valence-electron chi connectivity index (χ0n) is 19.3. The van der Waals surface area contributed by atoms with Gasteiger partial charge in [0, 0.05) is 37.9 Å². The number of halogens is 1. The van der Waals surface area contributed by atoms with Gasteiger partial charge in [-0.1, -0.05) is 94.8 Å². The van der Waals surface area contributed by atoms with E-state index in [0.717, 1.165) is 10.2 Å². The van der Waals surface area contributed by atoms with Gasteiger partial charge < -0.3 is 0 Å². The van der Waals surface area contributed by atoms with Crippen LogP contribution in [0.15, 0.2) is 108 Å². The number of carbonyl (C=O) groups is 3. The Labute approximate surface area is 220 Å². The molecule has 37 heavy (non-hydrogen) atoms. The Morgan fingerprint density at radius 1 is 0.595 bits per heavy atom. The van der Waals surface area contributed by atoms with Crippen LogP contribution in [-0.4, -0.2) is 27.1 Å². The van der Waals surface area contributed by atoms with Crippen molar-refractivity contribution >= 4 is 33.3 Å². The first-order valence-electron chi connectivity index (χ1n) is 11.8. The van der Waals surface area contributed by atoms with Gasteiger partial charge in [-0.25, -0.2) is 4.68 Å². The molecule has 176 valence electrons. The normalized spacial score (nSPS) is 15.0. The molecule has 0 saturated carbocycles. The van der Waals surface area contributed by atoms with Crippen molar-refractivity contribution in [1.29, 1.82) is 0 Å². The lowest BCUT2D eigenvalue weighted by Crippen LogP contribution is -2.48. The molecule has 4 aromatic carbocycles. The highest BCUT2D eigenvalue weighted by Gasteiger charge is 2.64. The van der Waals surface area contributed by atoms with Crippen molar-refractivity contribution in [1.82, 2.24) is 9.78 Å². The minimum Gasteiger partial charge on any atom is -0.292 e. The molecule has 0 fully saturated rings. The number of Topliss-reactive ketones (excluding diaryl/α,β-unsaturated/α-hetero) is 3. The Morgan fingerprint density at radius 2 is 1.08 bits per heavy atom. The molecule has 2 aliphatic carbocycles. The first-order chi connectivity index (χ1) is 18.0. The number of hydrogen-bond donors (Lipinski definition) is 0. The van der Waals surface area contributed by atoms with Gasteiger partial charge in [0.2, 0.25) is 0 Å². The van der Waals surface area contributed by atoms with Gasteiger partial charge in [0.15, 0.2) is 22.8 Å². The fourth-order valence-electron chi connectivity index (χ4n) is 5.61. The molecule has 2 aliphatic rings. The topological polar surface area (TPSA) is 69.0 Å². The highest BCUT2D eigenvalue weighted by atomic mass is 79.9. The molecule has 0 N–H and O–H groups in total. The van der Waals surface area contributed by atoms with Crippen LogP contribution in [0, 0.1) is 0 Å². The third-order valence-corrected chi connectivity index (χ3v) is 7.77. The summed E-state index contributed by atoms with van der Waals surface area (Å²) in [7, 11) is 0. The molecule has 1 aromatic heterocycles. The fourth-order valence-corrected chi connectivity index (χ4v) is 5.87. The van der Waals surface area contributed by atoms with Gasteiger partial charge in [-0.3, -0.25) is 14.4 Å². The van der Waals surface area contributed by atoms with Crippen molar-refractivity contribution in [3.63, 3.8) is 0 Å². The molecule has 5 nitrogen and oxygen atoms in total. The quantitative estimate of drug-likeness (QED) is 0.238. The third-order valence-electron chi connectivity index (χ3n) is 7.24. The van der Waals surface area contributed by atoms with E-state index in [4.69, 9.17) is 5.10 Å². The molecule has 1 heterocycles. The maximum Gasteiger partial charge on any atom is 0.190 e. The maximum absolute atomic E-state index is 14.4. The Kier molecular flexibility index (Phi) is 4.59. The zero-order valence-corrected chi connectivity index (χ0v) is 20.9. The van der Waals surface area contributed by atoms with Crippen LogP contribution in [0.1, 0.15) is 36.6 Å². The van der Waals surface area contributed by atoms with Gasteiger partial charge in [0.25, 0.3) is 0 Å². The predicted octanol–water partition coefficient (Wildman–Crippen LogP) is 6.48. The lowest BCUT2D eigenvalue weighted by atomic mass is 9.64. The number of nitrogens with zero attached hydrogens (tertiary/aromatic N) is 2. The standard InChI is InChI=1S/C31H17BrN2O3/c32-19-16-14-18(15-17-19)26-25-27(34(33-26)20-8-2-1-3-9-20)21-10-4-5-11-22(21)28(35)31(25)29(36)23-12-6-7-13-24(23)30(31)37/h1-17H. The SMILES string of the molecule is O=C1c2ccccc2C(=O)C12C(=O)c1ccccc1-c1c2c(-c2ccc(Br)cc2)nn1-c1ccccc1. The molecule has 0 atom stereocenters. The third kappa shape index (κ3) is 2.79. The van der Waals surface area contributed by atoms with Crippen LogP contribution in [0.5, 0.6) is 0 Å². The number of para-hydroxylation sites is 1. The van der Waals surface area contributed by atoms with E-state index in [9.17, 15) is 14.4 Å². The fraction of sp³-hybridized carbons (Fsp3) is 0.0323. The van der Waals surface area contributed by atoms with Crippen LogP contribution in [0.4, 0.5) is 0 Å². The maximum atomic E-state index is 14.4. The summed E-state index contributed by atoms with van der Waals surface area (Å²) >= 11 is 3.48. The highest BCUT2D eigenvalue weighted by molar-refractivity contribution is 9.10. The molecule has 0 bridgehead atoms. The molecule has 0 unspecified atom stereocenters. The summed E-state index contributed by atoms with van der Waals surface area (Å²) in [5.41, 5.74) is 2.29.